The van der Waals surface area contributed by atoms with Crippen LogP contribution < -0.4 is 10.2 Å². The first-order chi connectivity index (χ1) is 15.8. The van der Waals surface area contributed by atoms with E-state index in [1.165, 1.54) is 4.31 Å². The molecule has 8 heteroatoms. The maximum Gasteiger partial charge on any atom is 0.243 e. The number of nitrogens with zero attached hydrogens (tertiary/aromatic N) is 2. The fraction of sp³-hybridized carbons (Fsp3) is 0.400. The minimum absolute atomic E-state index is 0.169. The number of hydrogen-bond donors (Lipinski definition) is 2. The Morgan fingerprint density at radius 1 is 1.12 bits per heavy atom. The van der Waals surface area contributed by atoms with Gasteiger partial charge in [-0.3, -0.25) is 4.79 Å². The molecule has 2 aromatic carbocycles. The molecule has 0 saturated carbocycles. The lowest BCUT2D eigenvalue weighted by molar-refractivity contribution is -0.115. The van der Waals surface area contributed by atoms with Crippen molar-refractivity contribution in [2.75, 3.05) is 36.4 Å². The van der Waals surface area contributed by atoms with Crippen molar-refractivity contribution in [2.45, 2.75) is 44.9 Å². The van der Waals surface area contributed by atoms with Gasteiger partial charge < -0.3 is 15.2 Å². The van der Waals surface area contributed by atoms with Gasteiger partial charge in [0.25, 0.3) is 0 Å². The summed E-state index contributed by atoms with van der Waals surface area (Å²) in [6, 6.07) is 11.1. The van der Waals surface area contributed by atoms with E-state index < -0.39 is 10.0 Å². The second-order valence-electron chi connectivity index (χ2n) is 8.50. The van der Waals surface area contributed by atoms with Gasteiger partial charge in [-0.1, -0.05) is 26.0 Å². The summed E-state index contributed by atoms with van der Waals surface area (Å²) >= 11 is 0. The molecule has 33 heavy (non-hydrogen) atoms. The van der Waals surface area contributed by atoms with Gasteiger partial charge in [0.2, 0.25) is 15.9 Å². The zero-order chi connectivity index (χ0) is 23.6. The van der Waals surface area contributed by atoms with Gasteiger partial charge in [0.1, 0.15) is 0 Å². The number of rotatable bonds is 8. The molecule has 0 radical (unpaired) electrons. The third-order valence-electron chi connectivity index (χ3n) is 6.38. The predicted octanol–water partition coefficient (Wildman–Crippen LogP) is 4.29. The number of aromatic nitrogens is 1. The molecule has 0 aliphatic carbocycles. The van der Waals surface area contributed by atoms with Crippen LogP contribution in [0.3, 0.4) is 0 Å². The second-order valence-corrected chi connectivity index (χ2v) is 10.4. The van der Waals surface area contributed by atoms with E-state index in [2.05, 4.69) is 15.2 Å². The summed E-state index contributed by atoms with van der Waals surface area (Å²) in [5, 5.41) is 4.08. The molecule has 0 bridgehead atoms. The second kappa shape index (κ2) is 9.57. The number of amides is 1. The quantitative estimate of drug-likeness (QED) is 0.517. The molecule has 0 atom stereocenters. The van der Waals surface area contributed by atoms with Gasteiger partial charge in [0.05, 0.1) is 22.7 Å². The van der Waals surface area contributed by atoms with E-state index in [0.29, 0.717) is 18.8 Å². The first-order valence-corrected chi connectivity index (χ1v) is 13.0. The summed E-state index contributed by atoms with van der Waals surface area (Å²) in [6.45, 7) is 8.27. The first-order valence-electron chi connectivity index (χ1n) is 11.6. The summed E-state index contributed by atoms with van der Waals surface area (Å²) in [5.74, 6) is -0.169. The van der Waals surface area contributed by atoms with Crippen LogP contribution >= 0.6 is 0 Å². The first kappa shape index (κ1) is 23.3. The van der Waals surface area contributed by atoms with E-state index in [9.17, 15) is 13.2 Å². The number of aromatic amines is 1. The van der Waals surface area contributed by atoms with E-state index in [-0.39, 0.29) is 17.2 Å². The average molecular weight is 469 g/mol. The van der Waals surface area contributed by atoms with Gasteiger partial charge in [0.15, 0.2) is 0 Å². The molecular formula is C25H32N4O3S. The van der Waals surface area contributed by atoms with Gasteiger partial charge in [-0.25, -0.2) is 8.42 Å². The topological polar surface area (TPSA) is 85.5 Å². The molecule has 7 nitrogen and oxygen atoms in total. The standard InChI is InChI=1S/C25H32N4O3S/c1-4-29(5-2)33(31,32)20-11-12-23(28-13-6-7-14-28)22(16-20)27-24(30)15-19-17-26-21-10-8-9-18(3)25(19)21/h8-12,16-17,26H,4-7,13-15H2,1-3H3,(H,27,30). The van der Waals surface area contributed by atoms with Crippen LogP contribution in [0, 0.1) is 6.92 Å². The number of carbonyl (C=O) groups is 1. The molecule has 0 unspecified atom stereocenters. The molecular weight excluding hydrogens is 436 g/mol. The Morgan fingerprint density at radius 2 is 1.85 bits per heavy atom. The maximum atomic E-state index is 13.1. The van der Waals surface area contributed by atoms with Crippen LogP contribution in [0.2, 0.25) is 0 Å². The summed E-state index contributed by atoms with van der Waals surface area (Å²) < 4.78 is 27.6. The monoisotopic (exact) mass is 468 g/mol. The third-order valence-corrected chi connectivity index (χ3v) is 8.42. The minimum atomic E-state index is -3.63. The molecule has 3 aromatic rings. The fourth-order valence-electron chi connectivity index (χ4n) is 4.68. The van der Waals surface area contributed by atoms with E-state index in [1.807, 2.05) is 51.2 Å². The summed E-state index contributed by atoms with van der Waals surface area (Å²) in [7, 11) is -3.63. The van der Waals surface area contributed by atoms with E-state index in [0.717, 1.165) is 53.6 Å². The Balaban J connectivity index is 1.66. The molecule has 176 valence electrons. The van der Waals surface area contributed by atoms with Crippen molar-refractivity contribution in [3.05, 3.63) is 53.7 Å². The van der Waals surface area contributed by atoms with Crippen molar-refractivity contribution in [3.8, 4) is 0 Å². The van der Waals surface area contributed by atoms with E-state index in [4.69, 9.17) is 0 Å². The summed E-state index contributed by atoms with van der Waals surface area (Å²) in [4.78, 5) is 18.8. The average Bonchev–Trinajstić information content (AvgIpc) is 3.45. The van der Waals surface area contributed by atoms with Crippen LogP contribution in [0.15, 0.2) is 47.5 Å². The Hall–Kier alpha value is -2.84. The number of carbonyl (C=O) groups excluding carboxylic acids is 1. The number of anilines is 2. The van der Waals surface area contributed by atoms with Gasteiger partial charge >= 0.3 is 0 Å². The highest BCUT2D eigenvalue weighted by Crippen LogP contribution is 2.33. The van der Waals surface area contributed by atoms with Gasteiger partial charge in [-0.05, 0) is 55.2 Å². The molecule has 1 amide bonds. The molecule has 1 aliphatic heterocycles. The van der Waals surface area contributed by atoms with Crippen molar-refractivity contribution < 1.29 is 13.2 Å². The highest BCUT2D eigenvalue weighted by Gasteiger charge is 2.25. The molecule has 1 fully saturated rings. The molecule has 1 saturated heterocycles. The fourth-order valence-corrected chi connectivity index (χ4v) is 6.16. The lowest BCUT2D eigenvalue weighted by atomic mass is 10.1. The summed E-state index contributed by atoms with van der Waals surface area (Å²) in [5.41, 5.74) is 4.46. The number of aryl methyl sites for hydroxylation is 1. The van der Waals surface area contributed by atoms with Crippen LogP contribution in [0.1, 0.15) is 37.8 Å². The molecule has 2 N–H and O–H groups in total. The van der Waals surface area contributed by atoms with Crippen LogP contribution in [-0.2, 0) is 21.2 Å². The maximum absolute atomic E-state index is 13.1. The number of benzene rings is 2. The van der Waals surface area contributed by atoms with Gasteiger partial charge in [-0.2, -0.15) is 4.31 Å². The third kappa shape index (κ3) is 4.63. The summed E-state index contributed by atoms with van der Waals surface area (Å²) in [6.07, 6.45) is 4.25. The number of nitrogens with one attached hydrogen (secondary N) is 2. The number of hydrogen-bond acceptors (Lipinski definition) is 4. The normalized spacial score (nSPS) is 14.4. The largest absolute Gasteiger partial charge is 0.370 e. The predicted molar refractivity (Wildman–Crippen MR) is 133 cm³/mol. The van der Waals surface area contributed by atoms with E-state index in [1.54, 1.807) is 12.1 Å². The zero-order valence-electron chi connectivity index (χ0n) is 19.5. The van der Waals surface area contributed by atoms with Gasteiger partial charge in [-0.15, -0.1) is 0 Å². The van der Waals surface area contributed by atoms with Crippen molar-refractivity contribution in [1.29, 1.82) is 0 Å². The molecule has 4 rings (SSSR count). The Kier molecular flexibility index (Phi) is 6.76. The van der Waals surface area contributed by atoms with Crippen molar-refractivity contribution in [2.24, 2.45) is 0 Å². The minimum Gasteiger partial charge on any atom is -0.370 e. The van der Waals surface area contributed by atoms with Crippen LogP contribution in [0.5, 0.6) is 0 Å². The Morgan fingerprint density at radius 3 is 2.55 bits per heavy atom. The van der Waals surface area contributed by atoms with Gasteiger partial charge in [0, 0.05) is 43.3 Å². The smallest absolute Gasteiger partial charge is 0.243 e. The van der Waals surface area contributed by atoms with Crippen LogP contribution in [0.4, 0.5) is 11.4 Å². The number of sulfonamides is 1. The molecule has 1 aliphatic rings. The van der Waals surface area contributed by atoms with Crippen LogP contribution in [-0.4, -0.2) is 49.8 Å². The lowest BCUT2D eigenvalue weighted by Crippen LogP contribution is -2.31. The Labute approximate surface area is 195 Å². The highest BCUT2D eigenvalue weighted by molar-refractivity contribution is 7.89. The van der Waals surface area contributed by atoms with Crippen molar-refractivity contribution >= 4 is 38.2 Å². The number of H-pyrrole nitrogens is 1. The number of fused-ring (bicyclic) bond motifs is 1. The van der Waals surface area contributed by atoms with Crippen molar-refractivity contribution in [3.63, 3.8) is 0 Å². The molecule has 0 spiro atoms. The van der Waals surface area contributed by atoms with Crippen molar-refractivity contribution in [1.82, 2.24) is 9.29 Å². The lowest BCUT2D eigenvalue weighted by Gasteiger charge is -2.24. The van der Waals surface area contributed by atoms with E-state index >= 15 is 0 Å². The highest BCUT2D eigenvalue weighted by atomic mass is 32.2. The molecule has 1 aromatic heterocycles. The Bertz CT molecular complexity index is 1260. The van der Waals surface area contributed by atoms with Crippen LogP contribution in [0.25, 0.3) is 10.9 Å². The zero-order valence-corrected chi connectivity index (χ0v) is 20.3. The molecule has 2 heterocycles. The SMILES string of the molecule is CCN(CC)S(=O)(=O)c1ccc(N2CCCC2)c(NC(=O)Cc2c[nH]c3cccc(C)c23)c1.